The van der Waals surface area contributed by atoms with Crippen molar-refractivity contribution in [1.29, 1.82) is 0 Å². The molecule has 2 aliphatic rings. The van der Waals surface area contributed by atoms with Gasteiger partial charge in [-0.3, -0.25) is 0 Å². The van der Waals surface area contributed by atoms with Crippen LogP contribution in [0.15, 0.2) is 36.4 Å². The smallest absolute Gasteiger partial charge is 0.410 e. The van der Waals surface area contributed by atoms with Crippen molar-refractivity contribution >= 4 is 34.3 Å². The number of benzene rings is 2. The van der Waals surface area contributed by atoms with Gasteiger partial charge >= 0.3 is 12.2 Å². The van der Waals surface area contributed by atoms with Gasteiger partial charge in [-0.15, -0.1) is 0 Å². The maximum Gasteiger partial charge on any atom is 0.410 e. The monoisotopic (exact) mass is 510 g/mol. The zero-order chi connectivity index (χ0) is 26.8. The third kappa shape index (κ3) is 6.99. The Balaban J connectivity index is 1.40. The predicted molar refractivity (Wildman–Crippen MR) is 148 cm³/mol. The van der Waals surface area contributed by atoms with Gasteiger partial charge in [0.25, 0.3) is 0 Å². The van der Waals surface area contributed by atoms with Gasteiger partial charge in [0.1, 0.15) is 11.2 Å². The molecule has 37 heavy (non-hydrogen) atoms. The summed E-state index contributed by atoms with van der Waals surface area (Å²) in [5, 5.41) is 6.12. The summed E-state index contributed by atoms with van der Waals surface area (Å²) < 4.78 is 11.1. The van der Waals surface area contributed by atoms with Gasteiger partial charge in [-0.05, 0) is 66.5 Å². The summed E-state index contributed by atoms with van der Waals surface area (Å²) in [6.45, 7) is 15.6. The summed E-state index contributed by atoms with van der Waals surface area (Å²) in [5.74, 6) is 0. The molecule has 8 heteroatoms. The Morgan fingerprint density at radius 2 is 1.24 bits per heavy atom. The van der Waals surface area contributed by atoms with Gasteiger partial charge in [0.05, 0.1) is 0 Å². The van der Waals surface area contributed by atoms with E-state index in [1.165, 1.54) is 16.5 Å². The summed E-state index contributed by atoms with van der Waals surface area (Å²) >= 11 is 0. The molecule has 1 N–H and O–H groups in total. The second kappa shape index (κ2) is 10.7. The van der Waals surface area contributed by atoms with Crippen molar-refractivity contribution in [2.45, 2.75) is 71.6 Å². The van der Waals surface area contributed by atoms with Crippen molar-refractivity contribution in [1.82, 2.24) is 9.80 Å². The number of carbonyl (C=O) groups excluding carboxylic acids is 2. The molecule has 0 bridgehead atoms. The van der Waals surface area contributed by atoms with E-state index in [-0.39, 0.29) is 12.2 Å². The van der Waals surface area contributed by atoms with Crippen LogP contribution >= 0.6 is 0 Å². The van der Waals surface area contributed by atoms with Crippen LogP contribution in [-0.4, -0.2) is 78.5 Å². The first-order valence-electron chi connectivity index (χ1n) is 13.4. The third-order valence-electron chi connectivity index (χ3n) is 6.68. The first-order chi connectivity index (χ1) is 17.4. The lowest BCUT2D eigenvalue weighted by Crippen LogP contribution is -2.50. The van der Waals surface area contributed by atoms with E-state index in [1.807, 2.05) is 46.4 Å². The average Bonchev–Trinajstić information content (AvgIpc) is 2.83. The molecule has 4 rings (SSSR count). The van der Waals surface area contributed by atoms with Crippen LogP contribution in [0, 0.1) is 0 Å². The molecule has 0 spiro atoms. The predicted octanol–water partition coefficient (Wildman–Crippen LogP) is 5.71. The maximum atomic E-state index is 12.5. The second-order valence-electron chi connectivity index (χ2n) is 12.0. The summed E-state index contributed by atoms with van der Waals surface area (Å²) in [4.78, 5) is 30.8. The Hall–Kier alpha value is -3.16. The molecule has 2 saturated heterocycles. The number of rotatable bonds is 3. The number of anilines is 2. The van der Waals surface area contributed by atoms with Gasteiger partial charge < -0.3 is 29.5 Å². The molecule has 2 aromatic carbocycles. The summed E-state index contributed by atoms with van der Waals surface area (Å²) in [6.07, 6.45) is 1.28. The molecular weight excluding hydrogens is 468 g/mol. The summed E-state index contributed by atoms with van der Waals surface area (Å²) in [5.41, 5.74) is 1.33. The Labute approximate surface area is 220 Å². The van der Waals surface area contributed by atoms with E-state index >= 15 is 0 Å². The molecular formula is C29H42N4O4. The third-order valence-corrected chi connectivity index (χ3v) is 6.68. The molecule has 0 radical (unpaired) electrons. The molecule has 0 saturated carbocycles. The zero-order valence-corrected chi connectivity index (χ0v) is 23.2. The van der Waals surface area contributed by atoms with Crippen LogP contribution in [0.1, 0.15) is 54.4 Å². The molecule has 2 amide bonds. The number of hydrogen-bond acceptors (Lipinski definition) is 6. The van der Waals surface area contributed by atoms with Crippen molar-refractivity contribution in [3.63, 3.8) is 0 Å². The van der Waals surface area contributed by atoms with E-state index < -0.39 is 11.2 Å². The van der Waals surface area contributed by atoms with Crippen LogP contribution in [0.4, 0.5) is 21.0 Å². The topological polar surface area (TPSA) is 74.4 Å². The van der Waals surface area contributed by atoms with E-state index in [0.717, 1.165) is 31.6 Å². The van der Waals surface area contributed by atoms with Gasteiger partial charge in [-0.25, -0.2) is 9.59 Å². The van der Waals surface area contributed by atoms with E-state index in [4.69, 9.17) is 9.47 Å². The van der Waals surface area contributed by atoms with Crippen molar-refractivity contribution < 1.29 is 19.1 Å². The van der Waals surface area contributed by atoms with E-state index in [1.54, 1.807) is 4.90 Å². The summed E-state index contributed by atoms with van der Waals surface area (Å²) in [6, 6.07) is 13.1. The number of likely N-dealkylation sites (tertiary alicyclic amines) is 1. The van der Waals surface area contributed by atoms with Crippen LogP contribution in [0.3, 0.4) is 0 Å². The molecule has 202 valence electrons. The number of piperidine rings is 1. The number of piperazine rings is 1. The van der Waals surface area contributed by atoms with Crippen LogP contribution in [0.2, 0.25) is 0 Å². The lowest BCUT2D eigenvalue weighted by atomic mass is 10.0. The van der Waals surface area contributed by atoms with Gasteiger partial charge in [0.2, 0.25) is 0 Å². The SMILES string of the molecule is CC(C)(C)OC(=O)N1CCC(Nc2ccc(N3CCN(C(=O)OC(C)(C)C)CC3)c3ccccc23)CC1. The lowest BCUT2D eigenvalue weighted by Gasteiger charge is -2.37. The van der Waals surface area contributed by atoms with Crippen molar-refractivity contribution in [2.75, 3.05) is 49.5 Å². The molecule has 8 nitrogen and oxygen atoms in total. The highest BCUT2D eigenvalue weighted by Crippen LogP contribution is 2.34. The molecule has 0 atom stereocenters. The first-order valence-corrected chi connectivity index (χ1v) is 13.4. The molecule has 0 aromatic heterocycles. The highest BCUT2D eigenvalue weighted by atomic mass is 16.6. The molecule has 2 aliphatic heterocycles. The fraction of sp³-hybridized carbons (Fsp3) is 0.586. The molecule has 0 aliphatic carbocycles. The van der Waals surface area contributed by atoms with Crippen LogP contribution in [-0.2, 0) is 9.47 Å². The lowest BCUT2D eigenvalue weighted by molar-refractivity contribution is 0.0207. The van der Waals surface area contributed by atoms with E-state index in [2.05, 4.69) is 46.6 Å². The Bertz CT molecular complexity index is 1110. The minimum absolute atomic E-state index is 0.229. The number of amides is 2. The minimum Gasteiger partial charge on any atom is -0.444 e. The van der Waals surface area contributed by atoms with Crippen LogP contribution in [0.5, 0.6) is 0 Å². The van der Waals surface area contributed by atoms with E-state index in [9.17, 15) is 9.59 Å². The van der Waals surface area contributed by atoms with E-state index in [0.29, 0.717) is 32.2 Å². The minimum atomic E-state index is -0.487. The Morgan fingerprint density at radius 1 is 0.730 bits per heavy atom. The first kappa shape index (κ1) is 26.9. The van der Waals surface area contributed by atoms with Crippen molar-refractivity contribution in [3.8, 4) is 0 Å². The van der Waals surface area contributed by atoms with Crippen molar-refractivity contribution in [2.24, 2.45) is 0 Å². The Kier molecular flexibility index (Phi) is 7.76. The largest absolute Gasteiger partial charge is 0.444 e. The number of ether oxygens (including phenoxy) is 2. The molecule has 0 unspecified atom stereocenters. The standard InChI is InChI=1S/C29H42N4O4/c1-28(2,3)36-26(34)32-15-13-21(14-16-32)30-24-11-12-25(23-10-8-7-9-22(23)24)31-17-19-33(20-18-31)27(35)37-29(4,5)6/h7-12,21,30H,13-20H2,1-6H3. The molecule has 2 aromatic rings. The van der Waals surface area contributed by atoms with Gasteiger partial charge in [-0.1, -0.05) is 24.3 Å². The highest BCUT2D eigenvalue weighted by molar-refractivity contribution is 6.02. The molecule has 2 fully saturated rings. The quantitative estimate of drug-likeness (QED) is 0.570. The maximum absolute atomic E-state index is 12.5. The number of fused-ring (bicyclic) bond motifs is 1. The number of carbonyl (C=O) groups is 2. The van der Waals surface area contributed by atoms with Crippen LogP contribution < -0.4 is 10.2 Å². The fourth-order valence-corrected chi connectivity index (χ4v) is 4.89. The zero-order valence-electron chi connectivity index (χ0n) is 23.2. The fourth-order valence-electron chi connectivity index (χ4n) is 4.89. The van der Waals surface area contributed by atoms with Gasteiger partial charge in [0, 0.05) is 67.5 Å². The van der Waals surface area contributed by atoms with Gasteiger partial charge in [0.15, 0.2) is 0 Å². The van der Waals surface area contributed by atoms with Crippen molar-refractivity contribution in [3.05, 3.63) is 36.4 Å². The number of nitrogens with one attached hydrogen (secondary N) is 1. The van der Waals surface area contributed by atoms with Crippen LogP contribution in [0.25, 0.3) is 10.8 Å². The Morgan fingerprint density at radius 3 is 1.78 bits per heavy atom. The highest BCUT2D eigenvalue weighted by Gasteiger charge is 2.28. The molecule has 2 heterocycles. The second-order valence-corrected chi connectivity index (χ2v) is 12.0. The van der Waals surface area contributed by atoms with Gasteiger partial charge in [-0.2, -0.15) is 0 Å². The normalized spacial score (nSPS) is 17.6. The number of hydrogen-bond donors (Lipinski definition) is 1. The average molecular weight is 511 g/mol. The number of nitrogens with zero attached hydrogens (tertiary/aromatic N) is 3. The summed E-state index contributed by atoms with van der Waals surface area (Å²) in [7, 11) is 0.